The number of nitrogens with zero attached hydrogens (tertiary/aromatic N) is 2. The van der Waals surface area contributed by atoms with Crippen molar-refractivity contribution in [2.75, 3.05) is 33.4 Å². The van der Waals surface area contributed by atoms with Crippen molar-refractivity contribution in [3.05, 3.63) is 21.1 Å². The highest BCUT2D eigenvalue weighted by Crippen LogP contribution is 2.43. The summed E-state index contributed by atoms with van der Waals surface area (Å²) in [7, 11) is 1.61. The average molecular weight is 392 g/mol. The maximum atomic E-state index is 11.2. The predicted molar refractivity (Wildman–Crippen MR) is 85.0 cm³/mol. The summed E-state index contributed by atoms with van der Waals surface area (Å²) >= 11 is 9.74. The number of ether oxygens (including phenoxy) is 2. The third-order valence-electron chi connectivity index (χ3n) is 4.11. The fraction of sp³-hybridized carbons (Fsp3) is 0.500. The Labute approximate surface area is 141 Å². The van der Waals surface area contributed by atoms with Gasteiger partial charge in [-0.25, -0.2) is 4.79 Å². The number of carboxylic acid groups (broad SMARTS) is 1. The summed E-state index contributed by atoms with van der Waals surface area (Å²) in [6.07, 6.45) is -0.889. The van der Waals surface area contributed by atoms with Crippen LogP contribution in [0, 0.1) is 0 Å². The zero-order chi connectivity index (χ0) is 15.9. The number of rotatable bonds is 1. The number of hydrogen-bond donors (Lipinski definition) is 1. The van der Waals surface area contributed by atoms with Gasteiger partial charge in [-0.3, -0.25) is 4.90 Å². The molecule has 0 saturated carbocycles. The molecule has 1 fully saturated rings. The van der Waals surface area contributed by atoms with Crippen LogP contribution in [0.4, 0.5) is 4.79 Å². The normalized spacial score (nSPS) is 21.4. The van der Waals surface area contributed by atoms with E-state index in [9.17, 15) is 4.79 Å². The molecule has 0 radical (unpaired) electrons. The van der Waals surface area contributed by atoms with E-state index in [2.05, 4.69) is 20.8 Å². The molecule has 6 nitrogen and oxygen atoms in total. The topological polar surface area (TPSA) is 62.2 Å². The lowest BCUT2D eigenvalue weighted by molar-refractivity contribution is 0.0501. The van der Waals surface area contributed by atoms with Crippen molar-refractivity contribution in [2.45, 2.75) is 12.6 Å². The lowest BCUT2D eigenvalue weighted by atomic mass is 10.1. The SMILES string of the molecule is COc1cc(Br)c(Cl)c2c1CN1CCN(C(=O)O)C[C@@H]1CO2. The Hall–Kier alpha value is -1.18. The minimum atomic E-state index is -0.889. The van der Waals surface area contributed by atoms with Gasteiger partial charge in [0.05, 0.1) is 23.7 Å². The highest BCUT2D eigenvalue weighted by atomic mass is 79.9. The first-order chi connectivity index (χ1) is 10.5. The summed E-state index contributed by atoms with van der Waals surface area (Å²) in [6, 6.07) is 1.84. The molecular formula is C14H16BrClN2O4. The van der Waals surface area contributed by atoms with E-state index in [1.165, 1.54) is 4.90 Å². The Morgan fingerprint density at radius 2 is 2.32 bits per heavy atom. The van der Waals surface area contributed by atoms with Crippen LogP contribution < -0.4 is 9.47 Å². The number of carbonyl (C=O) groups is 1. The molecular weight excluding hydrogens is 376 g/mol. The van der Waals surface area contributed by atoms with Gasteiger partial charge in [0.1, 0.15) is 18.1 Å². The molecule has 1 N–H and O–H groups in total. The van der Waals surface area contributed by atoms with Gasteiger partial charge in [-0.1, -0.05) is 11.6 Å². The Morgan fingerprint density at radius 1 is 1.55 bits per heavy atom. The first kappa shape index (κ1) is 15.7. The molecule has 0 unspecified atom stereocenters. The molecule has 8 heteroatoms. The second-order valence-corrected chi connectivity index (χ2v) is 6.58. The molecule has 3 rings (SSSR count). The molecule has 0 bridgehead atoms. The van der Waals surface area contributed by atoms with Crippen LogP contribution in [0.15, 0.2) is 10.5 Å². The number of fused-ring (bicyclic) bond motifs is 2. The lowest BCUT2D eigenvalue weighted by Crippen LogP contribution is -2.55. The van der Waals surface area contributed by atoms with Crippen LogP contribution in [0.5, 0.6) is 11.5 Å². The number of methoxy groups -OCH3 is 1. The molecule has 0 aromatic heterocycles. The molecule has 0 spiro atoms. The van der Waals surface area contributed by atoms with E-state index in [1.54, 1.807) is 7.11 Å². The van der Waals surface area contributed by atoms with Crippen molar-refractivity contribution in [1.29, 1.82) is 0 Å². The number of amides is 1. The molecule has 1 atom stereocenters. The van der Waals surface area contributed by atoms with Crippen molar-refractivity contribution in [3.63, 3.8) is 0 Å². The molecule has 1 saturated heterocycles. The predicted octanol–water partition coefficient (Wildman–Crippen LogP) is 2.67. The number of halogens is 2. The van der Waals surface area contributed by atoms with E-state index in [-0.39, 0.29) is 6.04 Å². The maximum absolute atomic E-state index is 11.2. The fourth-order valence-corrected chi connectivity index (χ4v) is 3.53. The fourth-order valence-electron chi connectivity index (χ4n) is 2.92. The van der Waals surface area contributed by atoms with Crippen molar-refractivity contribution in [2.24, 2.45) is 0 Å². The van der Waals surface area contributed by atoms with E-state index < -0.39 is 6.09 Å². The van der Waals surface area contributed by atoms with Crippen LogP contribution in [0.1, 0.15) is 5.56 Å². The van der Waals surface area contributed by atoms with Gasteiger partial charge in [0, 0.05) is 30.7 Å². The van der Waals surface area contributed by atoms with Crippen molar-refractivity contribution >= 4 is 33.6 Å². The number of benzene rings is 1. The summed E-state index contributed by atoms with van der Waals surface area (Å²) < 4.78 is 12.1. The van der Waals surface area contributed by atoms with E-state index in [0.717, 1.165) is 10.0 Å². The van der Waals surface area contributed by atoms with Gasteiger partial charge in [-0.15, -0.1) is 0 Å². The van der Waals surface area contributed by atoms with Gasteiger partial charge in [-0.2, -0.15) is 0 Å². The summed E-state index contributed by atoms with van der Waals surface area (Å²) in [6.45, 7) is 2.62. The molecule has 1 amide bonds. The average Bonchev–Trinajstić information content (AvgIpc) is 2.69. The highest BCUT2D eigenvalue weighted by molar-refractivity contribution is 9.10. The van der Waals surface area contributed by atoms with Gasteiger partial charge in [-0.05, 0) is 22.0 Å². The summed E-state index contributed by atoms with van der Waals surface area (Å²) in [4.78, 5) is 14.8. The van der Waals surface area contributed by atoms with Crippen LogP contribution in [-0.4, -0.2) is 60.4 Å². The molecule has 2 heterocycles. The van der Waals surface area contributed by atoms with Crippen LogP contribution in [-0.2, 0) is 6.54 Å². The van der Waals surface area contributed by atoms with Gasteiger partial charge in [0.15, 0.2) is 0 Å². The Kier molecular flexibility index (Phi) is 4.38. The van der Waals surface area contributed by atoms with Crippen LogP contribution in [0.3, 0.4) is 0 Å². The van der Waals surface area contributed by atoms with Crippen molar-refractivity contribution in [3.8, 4) is 11.5 Å². The van der Waals surface area contributed by atoms with Crippen LogP contribution in [0.25, 0.3) is 0 Å². The van der Waals surface area contributed by atoms with E-state index in [4.69, 9.17) is 26.2 Å². The molecule has 1 aromatic carbocycles. The third-order valence-corrected chi connectivity index (χ3v) is 5.34. The minimum Gasteiger partial charge on any atom is -0.496 e. The van der Waals surface area contributed by atoms with Crippen LogP contribution in [0.2, 0.25) is 5.02 Å². The third kappa shape index (κ3) is 2.73. The number of piperazine rings is 1. The monoisotopic (exact) mass is 390 g/mol. The second-order valence-electron chi connectivity index (χ2n) is 5.35. The highest BCUT2D eigenvalue weighted by Gasteiger charge is 2.34. The van der Waals surface area contributed by atoms with Gasteiger partial charge in [0.25, 0.3) is 0 Å². The first-order valence-electron chi connectivity index (χ1n) is 6.90. The molecule has 0 aliphatic carbocycles. The summed E-state index contributed by atoms with van der Waals surface area (Å²) in [5.41, 5.74) is 0.905. The Balaban J connectivity index is 1.92. The first-order valence-corrected chi connectivity index (χ1v) is 8.08. The van der Waals surface area contributed by atoms with Crippen LogP contribution >= 0.6 is 27.5 Å². The maximum Gasteiger partial charge on any atom is 0.407 e. The Bertz CT molecular complexity index is 613. The summed E-state index contributed by atoms with van der Waals surface area (Å²) in [5.74, 6) is 1.33. The molecule has 2 aliphatic rings. The lowest BCUT2D eigenvalue weighted by Gasteiger charge is -2.38. The summed E-state index contributed by atoms with van der Waals surface area (Å²) in [5, 5.41) is 9.67. The van der Waals surface area contributed by atoms with Crippen molar-refractivity contribution < 1.29 is 19.4 Å². The quantitative estimate of drug-likeness (QED) is 0.797. The zero-order valence-corrected chi connectivity index (χ0v) is 14.4. The van der Waals surface area contributed by atoms with E-state index >= 15 is 0 Å². The molecule has 22 heavy (non-hydrogen) atoms. The van der Waals surface area contributed by atoms with Gasteiger partial charge in [0.2, 0.25) is 0 Å². The smallest absolute Gasteiger partial charge is 0.407 e. The Morgan fingerprint density at radius 3 is 3.00 bits per heavy atom. The van der Waals surface area contributed by atoms with E-state index in [0.29, 0.717) is 49.3 Å². The zero-order valence-electron chi connectivity index (χ0n) is 12.0. The number of hydrogen-bond acceptors (Lipinski definition) is 4. The minimum absolute atomic E-state index is 0.0109. The van der Waals surface area contributed by atoms with Crippen molar-refractivity contribution in [1.82, 2.24) is 9.80 Å². The van der Waals surface area contributed by atoms with E-state index in [1.807, 2.05) is 6.07 Å². The molecule has 1 aromatic rings. The second kappa shape index (κ2) is 6.14. The molecule has 2 aliphatic heterocycles. The molecule has 120 valence electrons. The van der Waals surface area contributed by atoms with Gasteiger partial charge >= 0.3 is 6.09 Å². The standard InChI is InChI=1S/C14H16BrClN2O4/c1-21-11-4-10(15)12(16)13-9(11)6-17-2-3-18(14(19)20)5-8(17)7-22-13/h4,8H,2-3,5-7H2,1H3,(H,19,20)/t8-/m1/s1. The largest absolute Gasteiger partial charge is 0.496 e. The van der Waals surface area contributed by atoms with Gasteiger partial charge < -0.3 is 19.5 Å².